The molecule has 2 atom stereocenters. The van der Waals surface area contributed by atoms with Gasteiger partial charge in [0, 0.05) is 10.9 Å². The summed E-state index contributed by atoms with van der Waals surface area (Å²) in [6, 6.07) is 4.36. The second kappa shape index (κ2) is 4.40. The summed E-state index contributed by atoms with van der Waals surface area (Å²) in [7, 11) is 0. The summed E-state index contributed by atoms with van der Waals surface area (Å²) in [5, 5.41) is 0. The van der Waals surface area contributed by atoms with Gasteiger partial charge in [-0.1, -0.05) is 20.3 Å². The molecule has 0 aliphatic heterocycles. The highest BCUT2D eigenvalue weighted by Crippen LogP contribution is 2.30. The molecule has 12 heavy (non-hydrogen) atoms. The van der Waals surface area contributed by atoms with Gasteiger partial charge in [0.25, 0.3) is 0 Å². The van der Waals surface area contributed by atoms with E-state index in [1.807, 2.05) is 0 Å². The lowest BCUT2D eigenvalue weighted by atomic mass is 9.99. The van der Waals surface area contributed by atoms with E-state index in [0.717, 1.165) is 10.2 Å². The number of halogens is 1. The molecule has 1 heterocycles. The number of nitrogens with two attached hydrogens (primary N) is 1. The van der Waals surface area contributed by atoms with E-state index in [9.17, 15) is 0 Å². The Bertz CT molecular complexity index is 246. The molecule has 0 spiro atoms. The molecule has 1 unspecified atom stereocenters. The van der Waals surface area contributed by atoms with Crippen molar-refractivity contribution in [2.45, 2.75) is 26.3 Å². The first-order chi connectivity index (χ1) is 5.65. The molecule has 0 saturated heterocycles. The van der Waals surface area contributed by atoms with Crippen LogP contribution in [0.2, 0.25) is 0 Å². The van der Waals surface area contributed by atoms with E-state index >= 15 is 0 Å². The Morgan fingerprint density at radius 2 is 2.25 bits per heavy atom. The maximum atomic E-state index is 6.05. The van der Waals surface area contributed by atoms with Gasteiger partial charge in [0.2, 0.25) is 0 Å². The van der Waals surface area contributed by atoms with E-state index < -0.39 is 0 Å². The molecule has 0 amide bonds. The molecule has 0 bridgehead atoms. The van der Waals surface area contributed by atoms with E-state index in [1.165, 1.54) is 4.88 Å². The van der Waals surface area contributed by atoms with Gasteiger partial charge in [-0.05, 0) is 34.0 Å². The molecule has 0 saturated carbocycles. The summed E-state index contributed by atoms with van der Waals surface area (Å²) in [6.07, 6.45) is 1.14. The first-order valence-corrected chi connectivity index (χ1v) is 5.77. The predicted octanol–water partition coefficient (Wildman–Crippen LogP) is 3.56. The number of rotatable bonds is 3. The van der Waals surface area contributed by atoms with Crippen molar-refractivity contribution in [1.29, 1.82) is 0 Å². The Morgan fingerprint density at radius 1 is 1.58 bits per heavy atom. The molecule has 0 aliphatic carbocycles. The van der Waals surface area contributed by atoms with Crippen molar-refractivity contribution < 1.29 is 0 Å². The van der Waals surface area contributed by atoms with Gasteiger partial charge in [-0.2, -0.15) is 0 Å². The minimum absolute atomic E-state index is 0.200. The second-order valence-corrected chi connectivity index (χ2v) is 5.55. The molecule has 3 heteroatoms. The van der Waals surface area contributed by atoms with E-state index in [-0.39, 0.29) is 6.04 Å². The van der Waals surface area contributed by atoms with Crippen LogP contribution in [0.25, 0.3) is 0 Å². The third-order valence-corrected chi connectivity index (χ3v) is 3.90. The lowest BCUT2D eigenvalue weighted by Crippen LogP contribution is -2.16. The Morgan fingerprint density at radius 3 is 2.67 bits per heavy atom. The molecule has 1 nitrogen and oxygen atoms in total. The van der Waals surface area contributed by atoms with Crippen LogP contribution in [0.1, 0.15) is 31.2 Å². The molecule has 68 valence electrons. The van der Waals surface area contributed by atoms with Crippen LogP contribution in [0.3, 0.4) is 0 Å². The van der Waals surface area contributed by atoms with Crippen molar-refractivity contribution in [2.75, 3.05) is 0 Å². The molecule has 1 rings (SSSR count). The minimum atomic E-state index is 0.200. The van der Waals surface area contributed by atoms with Gasteiger partial charge in [-0.3, -0.25) is 0 Å². The Kier molecular flexibility index (Phi) is 3.75. The molecule has 1 aromatic rings. The zero-order valence-electron chi connectivity index (χ0n) is 7.38. The van der Waals surface area contributed by atoms with Crippen molar-refractivity contribution in [3.63, 3.8) is 0 Å². The Balaban J connectivity index is 2.70. The fourth-order valence-electron chi connectivity index (χ4n) is 1.04. The third-order valence-electron chi connectivity index (χ3n) is 2.18. The van der Waals surface area contributed by atoms with Crippen LogP contribution in [-0.4, -0.2) is 0 Å². The quantitative estimate of drug-likeness (QED) is 0.869. The largest absolute Gasteiger partial charge is 0.323 e. The van der Waals surface area contributed by atoms with Crippen molar-refractivity contribution in [3.05, 3.63) is 20.8 Å². The first-order valence-electron chi connectivity index (χ1n) is 4.16. The maximum Gasteiger partial charge on any atom is 0.0701 e. The highest BCUT2D eigenvalue weighted by atomic mass is 79.9. The smallest absolute Gasteiger partial charge is 0.0701 e. The Hall–Kier alpha value is 0.140. The summed E-state index contributed by atoms with van der Waals surface area (Å²) < 4.78 is 1.16. The predicted molar refractivity (Wildman–Crippen MR) is 58.4 cm³/mol. The van der Waals surface area contributed by atoms with E-state index in [0.29, 0.717) is 5.92 Å². The number of thiophene rings is 1. The SMILES string of the molecule is CCC(C)[C@@H](N)c1ccc(Br)s1. The van der Waals surface area contributed by atoms with E-state index in [4.69, 9.17) is 5.73 Å². The third kappa shape index (κ3) is 2.31. The van der Waals surface area contributed by atoms with Gasteiger partial charge in [-0.25, -0.2) is 0 Å². The Labute approximate surface area is 86.1 Å². The second-order valence-electron chi connectivity index (χ2n) is 3.05. The monoisotopic (exact) mass is 247 g/mol. The van der Waals surface area contributed by atoms with Gasteiger partial charge in [-0.15, -0.1) is 11.3 Å². The molecule has 0 fully saturated rings. The highest BCUT2D eigenvalue weighted by molar-refractivity contribution is 9.11. The molecule has 0 radical (unpaired) electrons. The zero-order chi connectivity index (χ0) is 9.14. The van der Waals surface area contributed by atoms with Gasteiger partial charge in [0.05, 0.1) is 3.79 Å². The fraction of sp³-hybridized carbons (Fsp3) is 0.556. The van der Waals surface area contributed by atoms with Crippen molar-refractivity contribution >= 4 is 27.3 Å². The van der Waals surface area contributed by atoms with Crippen molar-refractivity contribution in [1.82, 2.24) is 0 Å². The van der Waals surface area contributed by atoms with E-state index in [1.54, 1.807) is 11.3 Å². The average molecular weight is 248 g/mol. The molecular weight excluding hydrogens is 234 g/mol. The lowest BCUT2D eigenvalue weighted by Gasteiger charge is -2.16. The topological polar surface area (TPSA) is 26.0 Å². The van der Waals surface area contributed by atoms with Gasteiger partial charge >= 0.3 is 0 Å². The number of hydrogen-bond acceptors (Lipinski definition) is 2. The normalized spacial score (nSPS) is 16.0. The highest BCUT2D eigenvalue weighted by Gasteiger charge is 2.14. The summed E-state index contributed by atoms with van der Waals surface area (Å²) in [5.74, 6) is 0.565. The minimum Gasteiger partial charge on any atom is -0.323 e. The average Bonchev–Trinajstić information content (AvgIpc) is 2.49. The van der Waals surface area contributed by atoms with Crippen LogP contribution in [0.5, 0.6) is 0 Å². The lowest BCUT2D eigenvalue weighted by molar-refractivity contribution is 0.462. The van der Waals surface area contributed by atoms with Crippen LogP contribution in [0.4, 0.5) is 0 Å². The summed E-state index contributed by atoms with van der Waals surface area (Å²) in [6.45, 7) is 4.37. The maximum absolute atomic E-state index is 6.05. The molecular formula is C9H14BrNS. The van der Waals surface area contributed by atoms with Crippen LogP contribution >= 0.6 is 27.3 Å². The van der Waals surface area contributed by atoms with Crippen LogP contribution < -0.4 is 5.73 Å². The summed E-state index contributed by atoms with van der Waals surface area (Å²) >= 11 is 5.17. The number of hydrogen-bond donors (Lipinski definition) is 1. The van der Waals surface area contributed by atoms with Crippen LogP contribution in [0, 0.1) is 5.92 Å². The van der Waals surface area contributed by atoms with Crippen LogP contribution in [0.15, 0.2) is 15.9 Å². The van der Waals surface area contributed by atoms with Crippen LogP contribution in [-0.2, 0) is 0 Å². The molecule has 2 N–H and O–H groups in total. The van der Waals surface area contributed by atoms with Gasteiger partial charge < -0.3 is 5.73 Å². The summed E-state index contributed by atoms with van der Waals surface area (Å²) in [4.78, 5) is 1.27. The molecule has 0 aliphatic rings. The first kappa shape index (κ1) is 10.2. The van der Waals surface area contributed by atoms with Gasteiger partial charge in [0.1, 0.15) is 0 Å². The molecule has 1 aromatic heterocycles. The zero-order valence-corrected chi connectivity index (χ0v) is 9.78. The standard InChI is InChI=1S/C9H14BrNS/c1-3-6(2)9(11)7-4-5-8(10)12-7/h4-6,9H,3,11H2,1-2H3/t6?,9-/m1/s1. The van der Waals surface area contributed by atoms with Crippen molar-refractivity contribution in [3.8, 4) is 0 Å². The summed E-state index contributed by atoms with van der Waals surface area (Å²) in [5.41, 5.74) is 6.05. The van der Waals surface area contributed by atoms with Gasteiger partial charge in [0.15, 0.2) is 0 Å². The fourth-order valence-corrected chi connectivity index (χ4v) is 2.60. The molecule has 0 aromatic carbocycles. The van der Waals surface area contributed by atoms with E-state index in [2.05, 4.69) is 41.9 Å². The van der Waals surface area contributed by atoms with Crippen molar-refractivity contribution in [2.24, 2.45) is 11.7 Å².